The molecule has 1 aromatic carbocycles. The number of amides is 1. The summed E-state index contributed by atoms with van der Waals surface area (Å²) >= 11 is 0. The molecule has 2 aromatic rings. The first kappa shape index (κ1) is 13.7. The van der Waals surface area contributed by atoms with E-state index in [1.807, 2.05) is 53.8 Å². The number of nitrogens with zero attached hydrogens (tertiary/aromatic N) is 2. The Bertz CT molecular complexity index is 670. The Morgan fingerprint density at radius 3 is 2.71 bits per heavy atom. The highest BCUT2D eigenvalue weighted by atomic mass is 16.2. The van der Waals surface area contributed by atoms with E-state index in [0.29, 0.717) is 24.0 Å². The second-order valence-corrected chi connectivity index (χ2v) is 5.63. The predicted octanol–water partition coefficient (Wildman–Crippen LogP) is 3.38. The average molecular weight is 283 g/mol. The van der Waals surface area contributed by atoms with E-state index in [9.17, 15) is 4.79 Å². The molecule has 1 heterocycles. The molecule has 0 spiro atoms. The zero-order valence-corrected chi connectivity index (χ0v) is 12.5. The maximum Gasteiger partial charge on any atom is 0.274 e. The van der Waals surface area contributed by atoms with Gasteiger partial charge in [0.25, 0.3) is 5.91 Å². The predicted molar refractivity (Wildman–Crippen MR) is 85.6 cm³/mol. The zero-order chi connectivity index (χ0) is 15.0. The van der Waals surface area contributed by atoms with Crippen molar-refractivity contribution in [2.75, 3.05) is 17.2 Å². The standard InChI is InChI=1S/C17H21N3O/c1-3-19(15-7-5-4-6-12(15)2)17(21)16-10-13(18)11-20(16)14-8-9-14/h4-7,10-11,14H,3,8-9,18H2,1-2H3. The van der Waals surface area contributed by atoms with E-state index in [1.54, 1.807) is 6.07 Å². The Balaban J connectivity index is 1.98. The van der Waals surface area contributed by atoms with Crippen LogP contribution in [0.1, 0.15) is 41.9 Å². The Hall–Kier alpha value is -2.23. The van der Waals surface area contributed by atoms with Crippen molar-refractivity contribution in [2.24, 2.45) is 0 Å². The average Bonchev–Trinajstić information content (AvgIpc) is 3.24. The summed E-state index contributed by atoms with van der Waals surface area (Å²) in [5.41, 5.74) is 9.32. The van der Waals surface area contributed by atoms with Crippen molar-refractivity contribution in [3.63, 3.8) is 0 Å². The van der Waals surface area contributed by atoms with Crippen molar-refractivity contribution in [2.45, 2.75) is 32.7 Å². The number of aryl methyl sites for hydroxylation is 1. The quantitative estimate of drug-likeness (QED) is 0.935. The van der Waals surface area contributed by atoms with Crippen molar-refractivity contribution in [3.05, 3.63) is 47.8 Å². The number of aromatic nitrogens is 1. The van der Waals surface area contributed by atoms with E-state index in [4.69, 9.17) is 5.73 Å². The zero-order valence-electron chi connectivity index (χ0n) is 12.5. The first-order chi connectivity index (χ1) is 10.1. The van der Waals surface area contributed by atoms with Gasteiger partial charge in [-0.25, -0.2) is 0 Å². The number of hydrogen-bond acceptors (Lipinski definition) is 2. The maximum absolute atomic E-state index is 12.9. The molecule has 3 rings (SSSR count). The van der Waals surface area contributed by atoms with E-state index in [-0.39, 0.29) is 5.91 Å². The molecule has 0 unspecified atom stereocenters. The number of nitrogen functional groups attached to an aromatic ring is 1. The molecule has 4 nitrogen and oxygen atoms in total. The largest absolute Gasteiger partial charge is 0.397 e. The third-order valence-corrected chi connectivity index (χ3v) is 4.00. The molecule has 4 heteroatoms. The van der Waals surface area contributed by atoms with Crippen molar-refractivity contribution in [3.8, 4) is 0 Å². The van der Waals surface area contributed by atoms with Crippen LogP contribution < -0.4 is 10.6 Å². The van der Waals surface area contributed by atoms with Crippen LogP contribution >= 0.6 is 0 Å². The number of nitrogens with two attached hydrogens (primary N) is 1. The minimum atomic E-state index is 0.0235. The highest BCUT2D eigenvalue weighted by molar-refractivity contribution is 6.06. The van der Waals surface area contributed by atoms with Gasteiger partial charge in [0.15, 0.2) is 0 Å². The number of hydrogen-bond donors (Lipinski definition) is 1. The van der Waals surface area contributed by atoms with Crippen LogP contribution in [0, 0.1) is 6.92 Å². The number of anilines is 2. The van der Waals surface area contributed by atoms with Gasteiger partial charge in [-0.05, 0) is 44.4 Å². The van der Waals surface area contributed by atoms with Crippen molar-refractivity contribution < 1.29 is 4.79 Å². The smallest absolute Gasteiger partial charge is 0.274 e. The Labute approximate surface area is 125 Å². The number of para-hydroxylation sites is 1. The van der Waals surface area contributed by atoms with Gasteiger partial charge in [-0.1, -0.05) is 18.2 Å². The summed E-state index contributed by atoms with van der Waals surface area (Å²) in [6.07, 6.45) is 4.15. The number of benzene rings is 1. The molecular formula is C17H21N3O. The van der Waals surface area contributed by atoms with Gasteiger partial charge in [0.05, 0.1) is 5.69 Å². The maximum atomic E-state index is 12.9. The topological polar surface area (TPSA) is 51.3 Å². The van der Waals surface area contributed by atoms with Gasteiger partial charge in [0.1, 0.15) is 5.69 Å². The minimum absolute atomic E-state index is 0.0235. The summed E-state index contributed by atoms with van der Waals surface area (Å²) in [5, 5.41) is 0. The molecular weight excluding hydrogens is 262 g/mol. The van der Waals surface area contributed by atoms with Crippen LogP contribution in [0.3, 0.4) is 0 Å². The molecule has 1 aliphatic rings. The molecule has 1 aliphatic carbocycles. The molecule has 0 aliphatic heterocycles. The van der Waals surface area contributed by atoms with E-state index >= 15 is 0 Å². The molecule has 1 fully saturated rings. The lowest BCUT2D eigenvalue weighted by molar-refractivity contribution is 0.0979. The summed E-state index contributed by atoms with van der Waals surface area (Å²) in [6.45, 7) is 4.66. The molecule has 110 valence electrons. The molecule has 2 N–H and O–H groups in total. The first-order valence-electron chi connectivity index (χ1n) is 7.46. The third kappa shape index (κ3) is 2.53. The van der Waals surface area contributed by atoms with Crippen LogP contribution in [0.4, 0.5) is 11.4 Å². The fourth-order valence-electron chi connectivity index (χ4n) is 2.75. The molecule has 21 heavy (non-hydrogen) atoms. The van der Waals surface area contributed by atoms with E-state index in [0.717, 1.165) is 24.1 Å². The second-order valence-electron chi connectivity index (χ2n) is 5.63. The molecule has 0 bridgehead atoms. The highest BCUT2D eigenvalue weighted by Gasteiger charge is 2.29. The molecule has 1 amide bonds. The fourth-order valence-corrected chi connectivity index (χ4v) is 2.75. The molecule has 0 saturated heterocycles. The number of rotatable bonds is 4. The van der Waals surface area contributed by atoms with Crippen LogP contribution in [0.2, 0.25) is 0 Å². The highest BCUT2D eigenvalue weighted by Crippen LogP contribution is 2.37. The lowest BCUT2D eigenvalue weighted by Crippen LogP contribution is -2.32. The van der Waals surface area contributed by atoms with Crippen LogP contribution in [-0.2, 0) is 0 Å². The lowest BCUT2D eigenvalue weighted by atomic mass is 10.1. The number of carbonyl (C=O) groups is 1. The van der Waals surface area contributed by atoms with Gasteiger partial charge in [0.2, 0.25) is 0 Å². The Morgan fingerprint density at radius 1 is 1.38 bits per heavy atom. The first-order valence-corrected chi connectivity index (χ1v) is 7.46. The van der Waals surface area contributed by atoms with E-state index in [1.165, 1.54) is 0 Å². The summed E-state index contributed by atoms with van der Waals surface area (Å²) in [6, 6.07) is 10.2. The van der Waals surface area contributed by atoms with Crippen LogP contribution in [0.5, 0.6) is 0 Å². The Kier molecular flexibility index (Phi) is 3.45. The van der Waals surface area contributed by atoms with Crippen molar-refractivity contribution in [1.82, 2.24) is 4.57 Å². The van der Waals surface area contributed by atoms with Gasteiger partial charge < -0.3 is 15.2 Å². The van der Waals surface area contributed by atoms with Gasteiger partial charge in [-0.15, -0.1) is 0 Å². The summed E-state index contributed by atoms with van der Waals surface area (Å²) < 4.78 is 2.04. The second kappa shape index (κ2) is 5.28. The van der Waals surface area contributed by atoms with Gasteiger partial charge in [-0.2, -0.15) is 0 Å². The molecule has 0 radical (unpaired) electrons. The van der Waals surface area contributed by atoms with Crippen molar-refractivity contribution in [1.29, 1.82) is 0 Å². The lowest BCUT2D eigenvalue weighted by Gasteiger charge is -2.23. The summed E-state index contributed by atoms with van der Waals surface area (Å²) in [4.78, 5) is 14.8. The van der Waals surface area contributed by atoms with E-state index < -0.39 is 0 Å². The van der Waals surface area contributed by atoms with E-state index in [2.05, 4.69) is 0 Å². The van der Waals surface area contributed by atoms with Gasteiger partial charge >= 0.3 is 0 Å². The summed E-state index contributed by atoms with van der Waals surface area (Å²) in [5.74, 6) is 0.0235. The Morgan fingerprint density at radius 2 is 2.10 bits per heavy atom. The molecule has 1 saturated carbocycles. The van der Waals surface area contributed by atoms with Gasteiger partial charge in [0, 0.05) is 24.5 Å². The summed E-state index contributed by atoms with van der Waals surface area (Å²) in [7, 11) is 0. The fraction of sp³-hybridized carbons (Fsp3) is 0.353. The molecule has 1 aromatic heterocycles. The van der Waals surface area contributed by atoms with Crippen molar-refractivity contribution >= 4 is 17.3 Å². The monoisotopic (exact) mass is 283 g/mol. The molecule has 0 atom stereocenters. The SMILES string of the molecule is CCN(C(=O)c1cc(N)cn1C1CC1)c1ccccc1C. The normalized spacial score (nSPS) is 14.2. The van der Waals surface area contributed by atoms with Crippen LogP contribution in [0.25, 0.3) is 0 Å². The minimum Gasteiger partial charge on any atom is -0.397 e. The van der Waals surface area contributed by atoms with Crippen LogP contribution in [0.15, 0.2) is 36.5 Å². The van der Waals surface area contributed by atoms with Crippen LogP contribution in [-0.4, -0.2) is 17.0 Å². The van der Waals surface area contributed by atoms with Gasteiger partial charge in [-0.3, -0.25) is 4.79 Å². The third-order valence-electron chi connectivity index (χ3n) is 4.00. The number of carbonyl (C=O) groups excluding carboxylic acids is 1.